The van der Waals surface area contributed by atoms with E-state index in [-0.39, 0.29) is 6.04 Å². The van der Waals surface area contributed by atoms with Gasteiger partial charge in [0.05, 0.1) is 18.3 Å². The highest BCUT2D eigenvalue weighted by atomic mass is 16.5. The molecular formula is C15H17N3O. The number of rotatable bonds is 3. The Morgan fingerprint density at radius 3 is 3.05 bits per heavy atom. The molecule has 1 aliphatic rings. The van der Waals surface area contributed by atoms with Crippen LogP contribution in [0.4, 0.5) is 0 Å². The second-order valence-electron chi connectivity index (χ2n) is 4.79. The second kappa shape index (κ2) is 4.99. The summed E-state index contributed by atoms with van der Waals surface area (Å²) in [6.07, 6.45) is 2.76. The Morgan fingerprint density at radius 1 is 1.37 bits per heavy atom. The molecular weight excluding hydrogens is 238 g/mol. The summed E-state index contributed by atoms with van der Waals surface area (Å²) in [6.45, 7) is 2.79. The minimum Gasteiger partial charge on any atom is -0.493 e. The van der Waals surface area contributed by atoms with Crippen LogP contribution in [-0.2, 0) is 6.42 Å². The molecule has 0 amide bonds. The summed E-state index contributed by atoms with van der Waals surface area (Å²) < 4.78 is 5.74. The van der Waals surface area contributed by atoms with Crippen LogP contribution in [0, 0.1) is 6.92 Å². The van der Waals surface area contributed by atoms with Crippen molar-refractivity contribution in [1.82, 2.24) is 10.4 Å². The normalized spacial score (nSPS) is 14.8. The summed E-state index contributed by atoms with van der Waals surface area (Å²) in [5.74, 6) is 6.69. The number of hydrogen-bond acceptors (Lipinski definition) is 4. The van der Waals surface area contributed by atoms with Gasteiger partial charge in [0, 0.05) is 18.2 Å². The van der Waals surface area contributed by atoms with Gasteiger partial charge >= 0.3 is 0 Å². The fourth-order valence-corrected chi connectivity index (χ4v) is 2.52. The van der Waals surface area contributed by atoms with Crippen molar-refractivity contribution in [2.24, 2.45) is 5.84 Å². The highest BCUT2D eigenvalue weighted by Gasteiger charge is 2.23. The first-order chi connectivity index (χ1) is 9.29. The van der Waals surface area contributed by atoms with E-state index >= 15 is 0 Å². The number of benzene rings is 1. The van der Waals surface area contributed by atoms with Crippen molar-refractivity contribution in [3.63, 3.8) is 0 Å². The molecule has 0 spiro atoms. The molecule has 2 aromatic rings. The number of ether oxygens (including phenoxy) is 1. The highest BCUT2D eigenvalue weighted by Crippen LogP contribution is 2.35. The molecule has 1 unspecified atom stereocenters. The quantitative estimate of drug-likeness (QED) is 0.649. The van der Waals surface area contributed by atoms with Crippen LogP contribution in [0.25, 0.3) is 0 Å². The van der Waals surface area contributed by atoms with Crippen molar-refractivity contribution in [3.05, 3.63) is 58.9 Å². The van der Waals surface area contributed by atoms with E-state index in [4.69, 9.17) is 10.6 Å². The maximum Gasteiger partial charge on any atom is 0.127 e. The summed E-state index contributed by atoms with van der Waals surface area (Å²) in [5, 5.41) is 0. The number of fused-ring (bicyclic) bond motifs is 1. The number of pyridine rings is 1. The summed E-state index contributed by atoms with van der Waals surface area (Å²) in [5.41, 5.74) is 7.22. The van der Waals surface area contributed by atoms with E-state index in [9.17, 15) is 0 Å². The third-order valence-corrected chi connectivity index (χ3v) is 3.45. The van der Waals surface area contributed by atoms with Gasteiger partial charge in [-0.1, -0.05) is 18.2 Å². The molecule has 98 valence electrons. The lowest BCUT2D eigenvalue weighted by atomic mass is 9.99. The zero-order valence-corrected chi connectivity index (χ0v) is 10.9. The maximum absolute atomic E-state index is 5.74. The first kappa shape index (κ1) is 12.1. The van der Waals surface area contributed by atoms with Crippen molar-refractivity contribution >= 4 is 0 Å². The van der Waals surface area contributed by atoms with E-state index in [1.165, 1.54) is 11.1 Å². The number of nitrogens with two attached hydrogens (primary N) is 1. The average Bonchev–Trinajstić information content (AvgIpc) is 2.89. The predicted molar refractivity (Wildman–Crippen MR) is 73.8 cm³/mol. The summed E-state index contributed by atoms with van der Waals surface area (Å²) >= 11 is 0. The summed E-state index contributed by atoms with van der Waals surface area (Å²) in [6, 6.07) is 10.1. The number of hydrazine groups is 1. The number of nitrogens with one attached hydrogen (secondary N) is 1. The van der Waals surface area contributed by atoms with Crippen LogP contribution in [0.5, 0.6) is 5.75 Å². The van der Waals surface area contributed by atoms with Gasteiger partial charge in [-0.05, 0) is 30.2 Å². The molecule has 0 bridgehead atoms. The Bertz CT molecular complexity index is 598. The van der Waals surface area contributed by atoms with Gasteiger partial charge in [-0.15, -0.1) is 0 Å². The molecule has 4 heteroatoms. The third kappa shape index (κ3) is 2.20. The van der Waals surface area contributed by atoms with Gasteiger partial charge in [0.2, 0.25) is 0 Å². The van der Waals surface area contributed by atoms with E-state index < -0.39 is 0 Å². The monoisotopic (exact) mass is 255 g/mol. The Morgan fingerprint density at radius 2 is 2.26 bits per heavy atom. The summed E-state index contributed by atoms with van der Waals surface area (Å²) in [4.78, 5) is 4.41. The van der Waals surface area contributed by atoms with Crippen molar-refractivity contribution in [2.75, 3.05) is 6.61 Å². The topological polar surface area (TPSA) is 60.2 Å². The lowest BCUT2D eigenvalue weighted by Gasteiger charge is -2.18. The van der Waals surface area contributed by atoms with E-state index in [1.807, 2.05) is 31.2 Å². The molecule has 3 N–H and O–H groups in total. The van der Waals surface area contributed by atoms with E-state index in [0.29, 0.717) is 0 Å². The molecule has 1 aromatic carbocycles. The second-order valence-corrected chi connectivity index (χ2v) is 4.79. The van der Waals surface area contributed by atoms with Crippen molar-refractivity contribution in [2.45, 2.75) is 19.4 Å². The van der Waals surface area contributed by atoms with Crippen molar-refractivity contribution in [3.8, 4) is 5.75 Å². The largest absolute Gasteiger partial charge is 0.493 e. The number of aryl methyl sites for hydroxylation is 1. The fourth-order valence-electron chi connectivity index (χ4n) is 2.52. The van der Waals surface area contributed by atoms with Crippen molar-refractivity contribution < 1.29 is 4.74 Å². The van der Waals surface area contributed by atoms with Crippen LogP contribution < -0.4 is 16.0 Å². The molecule has 4 nitrogen and oxygen atoms in total. The first-order valence-electron chi connectivity index (χ1n) is 6.43. The average molecular weight is 255 g/mol. The third-order valence-electron chi connectivity index (χ3n) is 3.45. The molecule has 1 atom stereocenters. The standard InChI is InChI=1S/C15H17N3O/c1-10-5-7-17-13(9-10)14(18-16)12-4-2-3-11-6-8-19-15(11)12/h2-5,7,9,14,18H,6,8,16H2,1H3. The molecule has 0 fully saturated rings. The Balaban J connectivity index is 2.06. The number of nitrogens with zero attached hydrogens (tertiary/aromatic N) is 1. The molecule has 0 saturated heterocycles. The molecule has 0 saturated carbocycles. The molecule has 1 aromatic heterocycles. The predicted octanol–water partition coefficient (Wildman–Crippen LogP) is 1.88. The zero-order chi connectivity index (χ0) is 13.2. The lowest BCUT2D eigenvalue weighted by molar-refractivity contribution is 0.350. The molecule has 3 rings (SSSR count). The number of aromatic nitrogens is 1. The van der Waals surface area contributed by atoms with E-state index in [0.717, 1.165) is 30.0 Å². The van der Waals surface area contributed by atoms with Gasteiger partial charge in [0.25, 0.3) is 0 Å². The minimum atomic E-state index is -0.145. The number of para-hydroxylation sites is 1. The van der Waals surface area contributed by atoms with Crippen LogP contribution in [0.3, 0.4) is 0 Å². The van der Waals surface area contributed by atoms with Gasteiger partial charge in [-0.3, -0.25) is 10.8 Å². The maximum atomic E-state index is 5.74. The van der Waals surface area contributed by atoms with Crippen LogP contribution >= 0.6 is 0 Å². The zero-order valence-electron chi connectivity index (χ0n) is 10.9. The van der Waals surface area contributed by atoms with Crippen LogP contribution in [0.2, 0.25) is 0 Å². The first-order valence-corrected chi connectivity index (χ1v) is 6.43. The van der Waals surface area contributed by atoms with Crippen LogP contribution in [0.1, 0.15) is 28.4 Å². The molecule has 0 aliphatic carbocycles. The SMILES string of the molecule is Cc1ccnc(C(NN)c2cccc3c2OCC3)c1. The molecule has 1 aliphatic heterocycles. The lowest BCUT2D eigenvalue weighted by Crippen LogP contribution is -2.29. The Kier molecular flexibility index (Phi) is 3.19. The minimum absolute atomic E-state index is 0.145. The van der Waals surface area contributed by atoms with Gasteiger partial charge in [0.15, 0.2) is 0 Å². The molecule has 0 radical (unpaired) electrons. The van der Waals surface area contributed by atoms with E-state index in [1.54, 1.807) is 6.20 Å². The fraction of sp³-hybridized carbons (Fsp3) is 0.267. The number of hydrogen-bond donors (Lipinski definition) is 2. The summed E-state index contributed by atoms with van der Waals surface area (Å²) in [7, 11) is 0. The smallest absolute Gasteiger partial charge is 0.127 e. The Hall–Kier alpha value is -1.91. The Labute approximate surface area is 112 Å². The molecule has 2 heterocycles. The van der Waals surface area contributed by atoms with Crippen molar-refractivity contribution in [1.29, 1.82) is 0 Å². The van der Waals surface area contributed by atoms with Gasteiger partial charge in [-0.2, -0.15) is 0 Å². The van der Waals surface area contributed by atoms with Gasteiger partial charge < -0.3 is 4.74 Å². The van der Waals surface area contributed by atoms with E-state index in [2.05, 4.69) is 16.5 Å². The van der Waals surface area contributed by atoms with Crippen LogP contribution in [0.15, 0.2) is 36.5 Å². The van der Waals surface area contributed by atoms with Gasteiger partial charge in [-0.25, -0.2) is 5.43 Å². The van der Waals surface area contributed by atoms with Crippen LogP contribution in [-0.4, -0.2) is 11.6 Å². The van der Waals surface area contributed by atoms with Gasteiger partial charge in [0.1, 0.15) is 5.75 Å². The molecule has 19 heavy (non-hydrogen) atoms. The highest BCUT2D eigenvalue weighted by molar-refractivity contribution is 5.48.